The fraction of sp³-hybridized carbons (Fsp3) is 0.462. The Labute approximate surface area is 100 Å². The van der Waals surface area contributed by atoms with E-state index in [1.54, 1.807) is 6.07 Å². The molecule has 4 nitrogen and oxygen atoms in total. The number of rotatable bonds is 3. The van der Waals surface area contributed by atoms with Crippen molar-refractivity contribution >= 4 is 11.7 Å². The van der Waals surface area contributed by atoms with Crippen molar-refractivity contribution in [2.75, 3.05) is 24.6 Å². The molecule has 0 saturated carbocycles. The Balaban J connectivity index is 2.29. The largest absolute Gasteiger partial charge is 0.478 e. The number of hydrogen-bond donors (Lipinski definition) is 2. The van der Waals surface area contributed by atoms with Gasteiger partial charge < -0.3 is 15.1 Å². The maximum absolute atomic E-state index is 11.2. The van der Waals surface area contributed by atoms with Crippen LogP contribution in [-0.2, 0) is 0 Å². The second kappa shape index (κ2) is 4.75. The van der Waals surface area contributed by atoms with Gasteiger partial charge in [0.2, 0.25) is 0 Å². The molecule has 0 amide bonds. The number of anilines is 1. The summed E-state index contributed by atoms with van der Waals surface area (Å²) in [5.41, 5.74) is 2.06. The number of carbonyl (C=O) groups is 1. The third kappa shape index (κ3) is 2.42. The van der Waals surface area contributed by atoms with Crippen molar-refractivity contribution in [2.45, 2.75) is 13.3 Å². The first-order chi connectivity index (χ1) is 8.11. The number of aliphatic hydroxyl groups excluding tert-OH is 1. The second-order valence-electron chi connectivity index (χ2n) is 4.61. The van der Waals surface area contributed by atoms with Crippen LogP contribution < -0.4 is 4.90 Å². The lowest BCUT2D eigenvalue weighted by atomic mass is 10.1. The van der Waals surface area contributed by atoms with E-state index in [4.69, 9.17) is 5.11 Å². The third-order valence-corrected chi connectivity index (χ3v) is 3.27. The molecule has 1 heterocycles. The molecule has 0 radical (unpaired) electrons. The van der Waals surface area contributed by atoms with Gasteiger partial charge >= 0.3 is 5.97 Å². The zero-order chi connectivity index (χ0) is 12.4. The summed E-state index contributed by atoms with van der Waals surface area (Å²) in [6, 6.07) is 5.48. The Morgan fingerprint density at radius 1 is 1.53 bits per heavy atom. The minimum atomic E-state index is -0.892. The van der Waals surface area contributed by atoms with E-state index in [0.717, 1.165) is 30.8 Å². The molecule has 92 valence electrons. The molecule has 17 heavy (non-hydrogen) atoms. The first-order valence-electron chi connectivity index (χ1n) is 5.81. The van der Waals surface area contributed by atoms with E-state index >= 15 is 0 Å². The highest BCUT2D eigenvalue weighted by atomic mass is 16.4. The smallest absolute Gasteiger partial charge is 0.337 e. The fourth-order valence-corrected chi connectivity index (χ4v) is 2.30. The predicted molar refractivity (Wildman–Crippen MR) is 65.5 cm³/mol. The highest BCUT2D eigenvalue weighted by molar-refractivity contribution is 5.94. The van der Waals surface area contributed by atoms with E-state index < -0.39 is 5.97 Å². The highest BCUT2D eigenvalue weighted by Gasteiger charge is 2.25. The fourth-order valence-electron chi connectivity index (χ4n) is 2.30. The van der Waals surface area contributed by atoms with Gasteiger partial charge in [0.15, 0.2) is 0 Å². The van der Waals surface area contributed by atoms with E-state index in [0.29, 0.717) is 5.56 Å². The number of nitrogens with zero attached hydrogens (tertiary/aromatic N) is 1. The standard InChI is InChI=1S/C13H17NO3/c1-9-2-3-12(11(6-9)13(16)17)14-5-4-10(7-14)8-15/h2-3,6,10,15H,4-5,7-8H2,1H3,(H,16,17). The van der Waals surface area contributed by atoms with Crippen LogP contribution in [0.5, 0.6) is 0 Å². The van der Waals surface area contributed by atoms with Crippen molar-refractivity contribution in [1.82, 2.24) is 0 Å². The molecule has 1 atom stereocenters. The Morgan fingerprint density at radius 3 is 2.88 bits per heavy atom. The van der Waals surface area contributed by atoms with E-state index in [1.807, 2.05) is 24.0 Å². The van der Waals surface area contributed by atoms with Crippen molar-refractivity contribution < 1.29 is 15.0 Å². The number of aryl methyl sites for hydroxylation is 1. The molecule has 2 rings (SSSR count). The molecular formula is C13H17NO3. The summed E-state index contributed by atoms with van der Waals surface area (Å²) < 4.78 is 0. The Hall–Kier alpha value is -1.55. The average molecular weight is 235 g/mol. The van der Waals surface area contributed by atoms with Crippen LogP contribution in [0.4, 0.5) is 5.69 Å². The van der Waals surface area contributed by atoms with Crippen LogP contribution >= 0.6 is 0 Å². The number of hydrogen-bond acceptors (Lipinski definition) is 3. The van der Waals surface area contributed by atoms with Crippen LogP contribution in [0, 0.1) is 12.8 Å². The topological polar surface area (TPSA) is 60.8 Å². The molecule has 1 aliphatic heterocycles. The molecule has 0 spiro atoms. The number of benzene rings is 1. The van der Waals surface area contributed by atoms with Gasteiger partial charge in [-0.15, -0.1) is 0 Å². The third-order valence-electron chi connectivity index (χ3n) is 3.27. The minimum absolute atomic E-state index is 0.171. The van der Waals surface area contributed by atoms with Crippen molar-refractivity contribution in [1.29, 1.82) is 0 Å². The first kappa shape index (κ1) is 11.9. The van der Waals surface area contributed by atoms with E-state index in [2.05, 4.69) is 0 Å². The Morgan fingerprint density at radius 2 is 2.29 bits per heavy atom. The van der Waals surface area contributed by atoms with Crippen molar-refractivity contribution in [3.05, 3.63) is 29.3 Å². The van der Waals surface area contributed by atoms with Crippen LogP contribution in [0.25, 0.3) is 0 Å². The number of aromatic carboxylic acids is 1. The van der Waals surface area contributed by atoms with Crippen LogP contribution in [0.1, 0.15) is 22.3 Å². The van der Waals surface area contributed by atoms with Gasteiger partial charge in [0.1, 0.15) is 0 Å². The van der Waals surface area contributed by atoms with Crippen molar-refractivity contribution in [3.63, 3.8) is 0 Å². The van der Waals surface area contributed by atoms with Crippen molar-refractivity contribution in [2.24, 2.45) is 5.92 Å². The summed E-state index contributed by atoms with van der Waals surface area (Å²) in [4.78, 5) is 13.3. The zero-order valence-electron chi connectivity index (χ0n) is 9.89. The zero-order valence-corrected chi connectivity index (χ0v) is 9.89. The second-order valence-corrected chi connectivity index (χ2v) is 4.61. The molecule has 0 bridgehead atoms. The lowest BCUT2D eigenvalue weighted by molar-refractivity contribution is 0.0697. The first-order valence-corrected chi connectivity index (χ1v) is 5.81. The van der Waals surface area contributed by atoms with Crippen LogP contribution in [0.2, 0.25) is 0 Å². The van der Waals surface area contributed by atoms with Gasteiger partial charge in [-0.1, -0.05) is 11.6 Å². The van der Waals surface area contributed by atoms with Gasteiger partial charge in [0.25, 0.3) is 0 Å². The molecule has 1 aliphatic rings. The Bertz CT molecular complexity index is 431. The van der Waals surface area contributed by atoms with Crippen molar-refractivity contribution in [3.8, 4) is 0 Å². The van der Waals surface area contributed by atoms with E-state index in [9.17, 15) is 9.90 Å². The summed E-state index contributed by atoms with van der Waals surface area (Å²) in [5.74, 6) is -0.630. The molecule has 4 heteroatoms. The van der Waals surface area contributed by atoms with Gasteiger partial charge in [-0.2, -0.15) is 0 Å². The summed E-state index contributed by atoms with van der Waals surface area (Å²) >= 11 is 0. The number of carboxylic acids is 1. The van der Waals surface area contributed by atoms with Gasteiger partial charge in [-0.25, -0.2) is 4.79 Å². The van der Waals surface area contributed by atoms with Gasteiger partial charge in [0.05, 0.1) is 11.3 Å². The lowest BCUT2D eigenvalue weighted by Gasteiger charge is -2.20. The number of aliphatic hydroxyl groups is 1. The van der Waals surface area contributed by atoms with Crippen LogP contribution in [-0.4, -0.2) is 35.9 Å². The number of carboxylic acid groups (broad SMARTS) is 1. The molecule has 1 unspecified atom stereocenters. The SMILES string of the molecule is Cc1ccc(N2CCC(CO)C2)c(C(=O)O)c1. The molecule has 1 aromatic carbocycles. The maximum Gasteiger partial charge on any atom is 0.337 e. The lowest BCUT2D eigenvalue weighted by Crippen LogP contribution is -2.23. The van der Waals surface area contributed by atoms with Gasteiger partial charge in [-0.05, 0) is 25.5 Å². The molecule has 0 aliphatic carbocycles. The normalized spacial score (nSPS) is 19.6. The summed E-state index contributed by atoms with van der Waals surface area (Å²) in [7, 11) is 0. The molecule has 1 saturated heterocycles. The summed E-state index contributed by atoms with van der Waals surface area (Å²) in [6.45, 7) is 3.61. The highest BCUT2D eigenvalue weighted by Crippen LogP contribution is 2.27. The molecular weight excluding hydrogens is 218 g/mol. The van der Waals surface area contributed by atoms with Crippen LogP contribution in [0.15, 0.2) is 18.2 Å². The quantitative estimate of drug-likeness (QED) is 0.833. The van der Waals surface area contributed by atoms with E-state index in [1.165, 1.54) is 0 Å². The summed E-state index contributed by atoms with van der Waals surface area (Å²) in [5, 5.41) is 18.3. The summed E-state index contributed by atoms with van der Waals surface area (Å²) in [6.07, 6.45) is 0.920. The van der Waals surface area contributed by atoms with Gasteiger partial charge in [0, 0.05) is 25.6 Å². The monoisotopic (exact) mass is 235 g/mol. The molecule has 0 aromatic heterocycles. The average Bonchev–Trinajstić information content (AvgIpc) is 2.77. The van der Waals surface area contributed by atoms with Crippen LogP contribution in [0.3, 0.4) is 0 Å². The predicted octanol–water partition coefficient (Wildman–Crippen LogP) is 1.51. The molecule has 1 fully saturated rings. The van der Waals surface area contributed by atoms with E-state index in [-0.39, 0.29) is 12.5 Å². The van der Waals surface area contributed by atoms with Gasteiger partial charge in [-0.3, -0.25) is 0 Å². The molecule has 1 aromatic rings. The Kier molecular flexibility index (Phi) is 3.33. The maximum atomic E-state index is 11.2. The molecule has 2 N–H and O–H groups in total. The minimum Gasteiger partial charge on any atom is -0.478 e.